The van der Waals surface area contributed by atoms with Gasteiger partial charge in [0.1, 0.15) is 5.82 Å². The number of rotatable bonds is 4. The molecule has 0 bridgehead atoms. The molecule has 3 heteroatoms. The number of hydrogen-bond acceptors (Lipinski definition) is 0. The largest absolute Gasteiger partial charge is 0.207 e. The quantitative estimate of drug-likeness (QED) is 0.692. The van der Waals surface area contributed by atoms with Crippen LogP contribution in [0.1, 0.15) is 19.4 Å². The van der Waals surface area contributed by atoms with Crippen LogP contribution in [-0.4, -0.2) is 5.33 Å². The van der Waals surface area contributed by atoms with Gasteiger partial charge in [0, 0.05) is 9.80 Å². The van der Waals surface area contributed by atoms with Gasteiger partial charge in [-0.3, -0.25) is 0 Å². The average Bonchev–Trinajstić information content (AvgIpc) is 2.18. The van der Waals surface area contributed by atoms with Crippen LogP contribution in [0.2, 0.25) is 0 Å². The molecule has 0 heterocycles. The lowest BCUT2D eigenvalue weighted by atomic mass is 9.91. The molecule has 0 aliphatic heterocycles. The lowest BCUT2D eigenvalue weighted by Gasteiger charge is -2.18. The molecule has 0 saturated heterocycles. The first-order valence-corrected chi connectivity index (χ1v) is 6.96. The van der Waals surface area contributed by atoms with Crippen molar-refractivity contribution in [3.05, 3.63) is 34.1 Å². The van der Waals surface area contributed by atoms with Gasteiger partial charge in [-0.1, -0.05) is 45.7 Å². The van der Waals surface area contributed by atoms with Crippen LogP contribution in [0.25, 0.3) is 0 Å². The zero-order chi connectivity index (χ0) is 11.4. The average molecular weight is 338 g/mol. The van der Waals surface area contributed by atoms with E-state index in [1.165, 1.54) is 6.07 Å². The summed E-state index contributed by atoms with van der Waals surface area (Å²) in [7, 11) is 0. The van der Waals surface area contributed by atoms with Crippen LogP contribution in [0.5, 0.6) is 0 Å². The molecule has 0 amide bonds. The van der Waals surface area contributed by atoms with Gasteiger partial charge >= 0.3 is 0 Å². The highest BCUT2D eigenvalue weighted by molar-refractivity contribution is 9.10. The second-order valence-electron chi connectivity index (χ2n) is 4.10. The SMILES string of the molecule is CC(C)C(CBr)Cc1cc(Br)ccc1F. The summed E-state index contributed by atoms with van der Waals surface area (Å²) in [6.07, 6.45) is 0.786. The van der Waals surface area contributed by atoms with Crippen LogP contribution in [0, 0.1) is 17.7 Å². The van der Waals surface area contributed by atoms with E-state index in [1.807, 2.05) is 6.07 Å². The van der Waals surface area contributed by atoms with Gasteiger partial charge in [-0.25, -0.2) is 4.39 Å². The van der Waals surface area contributed by atoms with E-state index < -0.39 is 0 Å². The van der Waals surface area contributed by atoms with Crippen molar-refractivity contribution in [1.82, 2.24) is 0 Å². The second-order valence-corrected chi connectivity index (χ2v) is 5.66. The summed E-state index contributed by atoms with van der Waals surface area (Å²) in [6.45, 7) is 4.34. The first kappa shape index (κ1) is 13.2. The van der Waals surface area contributed by atoms with Crippen LogP contribution in [-0.2, 0) is 6.42 Å². The van der Waals surface area contributed by atoms with Crippen molar-refractivity contribution in [2.75, 3.05) is 5.33 Å². The Morgan fingerprint density at radius 3 is 2.53 bits per heavy atom. The Morgan fingerprint density at radius 1 is 1.33 bits per heavy atom. The maximum atomic E-state index is 13.5. The highest BCUT2D eigenvalue weighted by Crippen LogP contribution is 2.23. The third-order valence-corrected chi connectivity index (χ3v) is 3.96. The smallest absolute Gasteiger partial charge is 0.126 e. The van der Waals surface area contributed by atoms with Crippen molar-refractivity contribution in [3.63, 3.8) is 0 Å². The molecule has 1 unspecified atom stereocenters. The fourth-order valence-corrected chi connectivity index (χ4v) is 2.84. The normalized spacial score (nSPS) is 13.2. The summed E-state index contributed by atoms with van der Waals surface area (Å²) in [4.78, 5) is 0. The Kier molecular flexibility index (Phi) is 5.27. The lowest BCUT2D eigenvalue weighted by Crippen LogP contribution is -2.14. The minimum absolute atomic E-state index is 0.107. The molecule has 0 fully saturated rings. The van der Waals surface area contributed by atoms with Crippen molar-refractivity contribution < 1.29 is 4.39 Å². The summed E-state index contributed by atoms with van der Waals surface area (Å²) < 4.78 is 14.4. The van der Waals surface area contributed by atoms with Gasteiger partial charge in [0.05, 0.1) is 0 Å². The predicted molar refractivity (Wildman–Crippen MR) is 69.9 cm³/mol. The monoisotopic (exact) mass is 336 g/mol. The summed E-state index contributed by atoms with van der Waals surface area (Å²) in [5.41, 5.74) is 0.794. The molecule has 1 atom stereocenters. The summed E-state index contributed by atoms with van der Waals surface area (Å²) >= 11 is 6.85. The fraction of sp³-hybridized carbons (Fsp3) is 0.500. The van der Waals surface area contributed by atoms with Crippen LogP contribution in [0.3, 0.4) is 0 Å². The summed E-state index contributed by atoms with van der Waals surface area (Å²) in [5, 5.41) is 0.913. The van der Waals surface area contributed by atoms with E-state index in [2.05, 4.69) is 45.7 Å². The Balaban J connectivity index is 2.82. The molecular weight excluding hydrogens is 323 g/mol. The molecule has 0 aliphatic carbocycles. The predicted octanol–water partition coefficient (Wildman–Crippen LogP) is 4.80. The first-order valence-electron chi connectivity index (χ1n) is 5.04. The molecule has 84 valence electrons. The molecule has 1 aromatic carbocycles. The number of alkyl halides is 1. The second kappa shape index (κ2) is 6.00. The highest BCUT2D eigenvalue weighted by atomic mass is 79.9. The maximum absolute atomic E-state index is 13.5. The van der Waals surface area contributed by atoms with Crippen molar-refractivity contribution >= 4 is 31.9 Å². The minimum atomic E-state index is -0.107. The van der Waals surface area contributed by atoms with Crippen molar-refractivity contribution in [3.8, 4) is 0 Å². The molecule has 0 aliphatic rings. The standard InChI is InChI=1S/C12H15Br2F/c1-8(2)10(7-13)5-9-6-11(14)3-4-12(9)15/h3-4,6,8,10H,5,7H2,1-2H3. The molecule has 1 rings (SSSR count). The van der Waals surface area contributed by atoms with Crippen LogP contribution in [0.4, 0.5) is 4.39 Å². The van der Waals surface area contributed by atoms with Crippen molar-refractivity contribution in [1.29, 1.82) is 0 Å². The Bertz CT molecular complexity index is 323. The molecule has 1 aromatic rings. The van der Waals surface area contributed by atoms with Gasteiger partial charge < -0.3 is 0 Å². The third kappa shape index (κ3) is 3.87. The van der Waals surface area contributed by atoms with Crippen molar-refractivity contribution in [2.24, 2.45) is 11.8 Å². The van der Waals surface area contributed by atoms with E-state index in [0.29, 0.717) is 11.8 Å². The Labute approximate surface area is 108 Å². The van der Waals surface area contributed by atoms with E-state index in [9.17, 15) is 4.39 Å². The van der Waals surface area contributed by atoms with Crippen LogP contribution >= 0.6 is 31.9 Å². The Hall–Kier alpha value is 0.110. The third-order valence-electron chi connectivity index (χ3n) is 2.63. The van der Waals surface area contributed by atoms with Gasteiger partial charge in [-0.15, -0.1) is 0 Å². The number of hydrogen-bond donors (Lipinski definition) is 0. The molecule has 0 radical (unpaired) electrons. The Morgan fingerprint density at radius 2 is 2.00 bits per heavy atom. The molecule has 0 saturated carbocycles. The number of benzene rings is 1. The molecule has 0 nitrogen and oxygen atoms in total. The molecule has 0 spiro atoms. The van der Waals surface area contributed by atoms with Gasteiger partial charge in [0.25, 0.3) is 0 Å². The van der Waals surface area contributed by atoms with E-state index in [0.717, 1.165) is 21.8 Å². The highest BCUT2D eigenvalue weighted by Gasteiger charge is 2.15. The summed E-state index contributed by atoms with van der Waals surface area (Å²) in [6, 6.07) is 5.12. The zero-order valence-corrected chi connectivity index (χ0v) is 12.1. The van der Waals surface area contributed by atoms with Gasteiger partial charge in [0.15, 0.2) is 0 Å². The topological polar surface area (TPSA) is 0 Å². The van der Waals surface area contributed by atoms with Crippen molar-refractivity contribution in [2.45, 2.75) is 20.3 Å². The van der Waals surface area contributed by atoms with E-state index >= 15 is 0 Å². The van der Waals surface area contributed by atoms with Crippen LogP contribution in [0.15, 0.2) is 22.7 Å². The zero-order valence-electron chi connectivity index (χ0n) is 8.93. The fourth-order valence-electron chi connectivity index (χ4n) is 1.45. The molecule has 0 N–H and O–H groups in total. The van der Waals surface area contributed by atoms with E-state index in [-0.39, 0.29) is 5.82 Å². The molecule has 15 heavy (non-hydrogen) atoms. The van der Waals surface area contributed by atoms with Gasteiger partial charge in [0.2, 0.25) is 0 Å². The molecular formula is C12H15Br2F. The lowest BCUT2D eigenvalue weighted by molar-refractivity contribution is 0.420. The summed E-state index contributed by atoms with van der Waals surface area (Å²) in [5.74, 6) is 0.932. The van der Waals surface area contributed by atoms with Gasteiger partial charge in [-0.2, -0.15) is 0 Å². The maximum Gasteiger partial charge on any atom is 0.126 e. The number of halogens is 3. The molecule has 0 aromatic heterocycles. The van der Waals surface area contributed by atoms with Crippen LogP contribution < -0.4 is 0 Å². The van der Waals surface area contributed by atoms with Gasteiger partial charge in [-0.05, 0) is 42.0 Å². The minimum Gasteiger partial charge on any atom is -0.207 e. The van der Waals surface area contributed by atoms with E-state index in [1.54, 1.807) is 6.07 Å². The van der Waals surface area contributed by atoms with E-state index in [4.69, 9.17) is 0 Å². The first-order chi connectivity index (χ1) is 7.04.